The van der Waals surface area contributed by atoms with Crippen LogP contribution >= 0.6 is 27.5 Å². The van der Waals surface area contributed by atoms with E-state index in [1.54, 1.807) is 0 Å². The van der Waals surface area contributed by atoms with Crippen molar-refractivity contribution in [3.8, 4) is 0 Å². The van der Waals surface area contributed by atoms with Gasteiger partial charge in [-0.2, -0.15) is 0 Å². The van der Waals surface area contributed by atoms with Gasteiger partial charge in [0.15, 0.2) is 0 Å². The van der Waals surface area contributed by atoms with Crippen LogP contribution in [-0.4, -0.2) is 5.38 Å². The second kappa shape index (κ2) is 5.97. The van der Waals surface area contributed by atoms with E-state index in [0.717, 1.165) is 0 Å². The van der Waals surface area contributed by atoms with Gasteiger partial charge in [-0.15, -0.1) is 11.6 Å². The third-order valence-electron chi connectivity index (χ3n) is 2.53. The zero-order valence-electron chi connectivity index (χ0n) is 9.24. The lowest BCUT2D eigenvalue weighted by molar-refractivity contribution is 0.521. The number of rotatable bonds is 4. The number of halogens is 4. The van der Waals surface area contributed by atoms with Gasteiger partial charge in [-0.3, -0.25) is 0 Å². The first-order chi connectivity index (χ1) is 7.43. The first-order valence-electron chi connectivity index (χ1n) is 5.20. The van der Waals surface area contributed by atoms with Crippen molar-refractivity contribution in [1.82, 2.24) is 0 Å². The highest BCUT2D eigenvalue weighted by Crippen LogP contribution is 2.24. The quantitative estimate of drug-likeness (QED) is 0.547. The Morgan fingerprint density at radius 2 is 1.94 bits per heavy atom. The van der Waals surface area contributed by atoms with Crippen molar-refractivity contribution in [2.75, 3.05) is 0 Å². The number of hydrogen-bond acceptors (Lipinski definition) is 0. The monoisotopic (exact) mass is 310 g/mol. The predicted molar refractivity (Wildman–Crippen MR) is 66.9 cm³/mol. The van der Waals surface area contributed by atoms with E-state index in [9.17, 15) is 8.78 Å². The molecule has 1 aromatic rings. The van der Waals surface area contributed by atoms with Crippen LogP contribution in [0.4, 0.5) is 8.78 Å². The van der Waals surface area contributed by atoms with Crippen molar-refractivity contribution in [3.05, 3.63) is 33.8 Å². The van der Waals surface area contributed by atoms with Crippen LogP contribution in [0.25, 0.3) is 0 Å². The third kappa shape index (κ3) is 3.42. The summed E-state index contributed by atoms with van der Waals surface area (Å²) >= 11 is 9.09. The lowest BCUT2D eigenvalue weighted by Gasteiger charge is -2.13. The highest BCUT2D eigenvalue weighted by molar-refractivity contribution is 9.10. The first kappa shape index (κ1) is 13.9. The molecule has 0 aliphatic carbocycles. The van der Waals surface area contributed by atoms with Crippen LogP contribution in [0.1, 0.15) is 25.8 Å². The van der Waals surface area contributed by atoms with Gasteiger partial charge in [0, 0.05) is 10.9 Å². The molecule has 0 saturated carbocycles. The average Bonchev–Trinajstić information content (AvgIpc) is 2.23. The van der Waals surface area contributed by atoms with E-state index in [1.165, 1.54) is 12.1 Å². The fraction of sp³-hybridized carbons (Fsp3) is 0.500. The maximum absolute atomic E-state index is 13.6. The van der Waals surface area contributed by atoms with E-state index in [1.807, 2.05) is 13.8 Å². The molecule has 16 heavy (non-hydrogen) atoms. The Balaban J connectivity index is 2.77. The third-order valence-corrected chi connectivity index (χ3v) is 3.87. The lowest BCUT2D eigenvalue weighted by Crippen LogP contribution is -2.10. The maximum Gasteiger partial charge on any atom is 0.143 e. The van der Waals surface area contributed by atoms with Gasteiger partial charge in [0.1, 0.15) is 11.6 Å². The van der Waals surface area contributed by atoms with Crippen LogP contribution in [0.3, 0.4) is 0 Å². The molecule has 1 unspecified atom stereocenters. The normalized spacial score (nSPS) is 13.2. The molecule has 0 nitrogen and oxygen atoms in total. The van der Waals surface area contributed by atoms with E-state index in [2.05, 4.69) is 15.9 Å². The molecule has 0 aromatic heterocycles. The Morgan fingerprint density at radius 3 is 2.50 bits per heavy atom. The smallest absolute Gasteiger partial charge is 0.143 e. The summed E-state index contributed by atoms with van der Waals surface area (Å²) in [5, 5.41) is -0.0576. The van der Waals surface area contributed by atoms with Crippen molar-refractivity contribution in [2.45, 2.75) is 32.1 Å². The number of alkyl halides is 1. The minimum Gasteiger partial charge on any atom is -0.207 e. The molecule has 4 heteroatoms. The first-order valence-corrected chi connectivity index (χ1v) is 6.43. The number of hydrogen-bond donors (Lipinski definition) is 0. The van der Waals surface area contributed by atoms with Gasteiger partial charge in [0.05, 0.1) is 4.47 Å². The van der Waals surface area contributed by atoms with E-state index >= 15 is 0 Å². The fourth-order valence-electron chi connectivity index (χ4n) is 1.41. The molecule has 1 rings (SSSR count). The van der Waals surface area contributed by atoms with Crippen LogP contribution in [0.5, 0.6) is 0 Å². The minimum absolute atomic E-state index is 0.0576. The summed E-state index contributed by atoms with van der Waals surface area (Å²) in [6.45, 7) is 3.98. The molecule has 0 fully saturated rings. The summed E-state index contributed by atoms with van der Waals surface area (Å²) in [5.41, 5.74) is 0.112. The Morgan fingerprint density at radius 1 is 1.31 bits per heavy atom. The molecule has 0 aliphatic rings. The van der Waals surface area contributed by atoms with Crippen LogP contribution in [-0.2, 0) is 6.42 Å². The second-order valence-corrected chi connectivity index (χ2v) is 5.54. The highest BCUT2D eigenvalue weighted by atomic mass is 79.9. The van der Waals surface area contributed by atoms with Crippen molar-refractivity contribution < 1.29 is 8.78 Å². The molecule has 0 radical (unpaired) electrons. The van der Waals surface area contributed by atoms with Crippen molar-refractivity contribution in [2.24, 2.45) is 5.92 Å². The summed E-state index contributed by atoms with van der Waals surface area (Å²) in [7, 11) is 0. The predicted octanol–water partition coefficient (Wildman–Crippen LogP) is 4.92. The molecule has 1 aromatic carbocycles. The molecule has 0 saturated heterocycles. The fourth-order valence-corrected chi connectivity index (χ4v) is 1.89. The second-order valence-electron chi connectivity index (χ2n) is 4.12. The van der Waals surface area contributed by atoms with Gasteiger partial charge >= 0.3 is 0 Å². The molecule has 0 heterocycles. The summed E-state index contributed by atoms with van der Waals surface area (Å²) < 4.78 is 27.3. The van der Waals surface area contributed by atoms with E-state index in [0.29, 0.717) is 23.2 Å². The minimum atomic E-state index is -0.521. The van der Waals surface area contributed by atoms with Crippen LogP contribution in [0.2, 0.25) is 0 Å². The summed E-state index contributed by atoms with van der Waals surface area (Å²) in [5.74, 6) is -0.721. The van der Waals surface area contributed by atoms with Gasteiger partial charge in [-0.05, 0) is 46.8 Å². The Hall–Kier alpha value is -0.150. The van der Waals surface area contributed by atoms with E-state index < -0.39 is 11.6 Å². The van der Waals surface area contributed by atoms with Crippen molar-refractivity contribution in [3.63, 3.8) is 0 Å². The van der Waals surface area contributed by atoms with Crippen molar-refractivity contribution in [1.29, 1.82) is 0 Å². The molecular formula is C12H14BrClF2. The Labute approximate surface area is 108 Å². The Kier molecular flexibility index (Phi) is 5.19. The molecular weight excluding hydrogens is 297 g/mol. The standard InChI is InChI=1S/C12H14BrClF2/c1-7(2)10(14)5-3-8-11(15)6-4-9(13)12(8)16/h4,6-7,10H,3,5H2,1-2H3. The lowest BCUT2D eigenvalue weighted by atomic mass is 10.0. The largest absolute Gasteiger partial charge is 0.207 e. The van der Waals surface area contributed by atoms with Gasteiger partial charge in [0.25, 0.3) is 0 Å². The maximum atomic E-state index is 13.6. The SMILES string of the molecule is CC(C)C(Cl)CCc1c(F)ccc(Br)c1F. The van der Waals surface area contributed by atoms with Crippen LogP contribution < -0.4 is 0 Å². The van der Waals surface area contributed by atoms with Gasteiger partial charge in [-0.1, -0.05) is 13.8 Å². The zero-order valence-corrected chi connectivity index (χ0v) is 11.6. The summed E-state index contributed by atoms with van der Waals surface area (Å²) in [4.78, 5) is 0. The average molecular weight is 312 g/mol. The Bertz CT molecular complexity index is 366. The number of benzene rings is 1. The van der Waals surface area contributed by atoms with Gasteiger partial charge in [-0.25, -0.2) is 8.78 Å². The summed E-state index contributed by atoms with van der Waals surface area (Å²) in [6, 6.07) is 2.63. The van der Waals surface area contributed by atoms with Gasteiger partial charge < -0.3 is 0 Å². The van der Waals surface area contributed by atoms with E-state index in [-0.39, 0.29) is 10.9 Å². The topological polar surface area (TPSA) is 0 Å². The highest BCUT2D eigenvalue weighted by Gasteiger charge is 2.15. The molecule has 0 spiro atoms. The van der Waals surface area contributed by atoms with Crippen LogP contribution in [0.15, 0.2) is 16.6 Å². The van der Waals surface area contributed by atoms with Crippen molar-refractivity contribution >= 4 is 27.5 Å². The summed E-state index contributed by atoms with van der Waals surface area (Å²) in [6.07, 6.45) is 0.896. The molecule has 1 atom stereocenters. The molecule has 90 valence electrons. The van der Waals surface area contributed by atoms with Crippen LogP contribution in [0, 0.1) is 17.6 Å². The van der Waals surface area contributed by atoms with E-state index in [4.69, 9.17) is 11.6 Å². The molecule has 0 bridgehead atoms. The van der Waals surface area contributed by atoms with Gasteiger partial charge in [0.2, 0.25) is 0 Å². The zero-order chi connectivity index (χ0) is 12.3. The molecule has 0 aliphatic heterocycles. The molecule has 0 N–H and O–H groups in total. The molecule has 0 amide bonds.